The van der Waals surface area contributed by atoms with Crippen molar-refractivity contribution < 1.29 is 4.42 Å². The van der Waals surface area contributed by atoms with Gasteiger partial charge in [0.25, 0.3) is 0 Å². The third-order valence-electron chi connectivity index (χ3n) is 12.4. The number of aromatic nitrogens is 1. The Bertz CT molecular complexity index is 3550. The quantitative estimate of drug-likeness (QED) is 0.153. The fourth-order valence-corrected chi connectivity index (χ4v) is 9.41. The molecule has 0 N–H and O–H groups in total. The molecule has 2 heterocycles. The van der Waals surface area contributed by atoms with Crippen molar-refractivity contribution in [2.24, 2.45) is 0 Å². The van der Waals surface area contributed by atoms with E-state index in [1.54, 1.807) is 0 Å². The highest BCUT2D eigenvalue weighted by atomic mass is 16.3. The normalized spacial score (nSPS) is 11.5. The molecule has 0 unspecified atom stereocenters. The lowest BCUT2D eigenvalue weighted by Gasteiger charge is -2.28. The molecule has 2 aromatic heterocycles. The van der Waals surface area contributed by atoms with Crippen molar-refractivity contribution in [1.29, 1.82) is 0 Å². The highest BCUT2D eigenvalue weighted by molar-refractivity contribution is 6.10. The van der Waals surface area contributed by atoms with Gasteiger partial charge in [0.05, 0.1) is 22.4 Å². The topological polar surface area (TPSA) is 21.3 Å². The molecule has 0 saturated heterocycles. The summed E-state index contributed by atoms with van der Waals surface area (Å²) in [6.45, 7) is 0. The van der Waals surface area contributed by atoms with Crippen molar-refractivity contribution in [1.82, 2.24) is 4.57 Å². The van der Waals surface area contributed by atoms with Crippen LogP contribution >= 0.6 is 0 Å². The van der Waals surface area contributed by atoms with Crippen LogP contribution in [0.4, 0.5) is 17.1 Å². The van der Waals surface area contributed by atoms with Gasteiger partial charge >= 0.3 is 0 Å². The average molecular weight is 805 g/mol. The summed E-state index contributed by atoms with van der Waals surface area (Å²) in [6, 6.07) is 87.1. The SMILES string of the molecule is c1ccc(-c2ccc(-c3ccccc3N(c3ccc(-c4ccc5c(c4)oc4ccccc45)cc3)c3ccc(-c4ccccc4-n4c5ccccc5c5ccccc54)cc3)cc2)cc1. The van der Waals surface area contributed by atoms with E-state index in [4.69, 9.17) is 4.42 Å². The number of nitrogens with zero attached hydrogens (tertiary/aromatic N) is 2. The van der Waals surface area contributed by atoms with Gasteiger partial charge in [0.15, 0.2) is 0 Å². The van der Waals surface area contributed by atoms with Crippen LogP contribution in [-0.2, 0) is 0 Å². The van der Waals surface area contributed by atoms with Gasteiger partial charge in [-0.15, -0.1) is 0 Å². The Balaban J connectivity index is 0.964. The summed E-state index contributed by atoms with van der Waals surface area (Å²) in [5, 5.41) is 4.78. The third kappa shape index (κ3) is 6.38. The Morgan fingerprint density at radius 1 is 0.302 bits per heavy atom. The van der Waals surface area contributed by atoms with Gasteiger partial charge in [-0.1, -0.05) is 176 Å². The standard InChI is InChI=1S/C60H40N2O/c1-2-14-41(15-3-1)42-26-28-44(29-27-42)49-16-4-9-21-55(49)61(47-35-30-43(31-36-47)46-34-39-54-53-20-8-13-25-59(53)63-60(54)40-46)48-37-32-45(33-38-48)50-17-5-10-22-56(50)62-57-23-11-6-18-51(57)52-19-7-12-24-58(52)62/h1-40H. The van der Waals surface area contributed by atoms with Crippen LogP contribution in [0.2, 0.25) is 0 Å². The number of rotatable bonds is 8. The Labute approximate surface area is 366 Å². The number of furan rings is 1. The van der Waals surface area contributed by atoms with Crippen molar-refractivity contribution >= 4 is 60.8 Å². The second-order valence-corrected chi connectivity index (χ2v) is 16.1. The van der Waals surface area contributed by atoms with E-state index >= 15 is 0 Å². The number of anilines is 3. The summed E-state index contributed by atoms with van der Waals surface area (Å²) in [4.78, 5) is 2.38. The molecular formula is C60H40N2O. The highest BCUT2D eigenvalue weighted by Crippen LogP contribution is 2.43. The summed E-state index contributed by atoms with van der Waals surface area (Å²) in [7, 11) is 0. The van der Waals surface area contributed by atoms with Crippen LogP contribution in [0.1, 0.15) is 0 Å². The van der Waals surface area contributed by atoms with E-state index in [0.717, 1.165) is 72.5 Å². The van der Waals surface area contributed by atoms with Gasteiger partial charge in [-0.05, 0) is 100 Å². The smallest absolute Gasteiger partial charge is 0.136 e. The Hall–Kier alpha value is -8.40. The molecule has 0 aliphatic carbocycles. The maximum atomic E-state index is 6.28. The molecular weight excluding hydrogens is 765 g/mol. The molecule has 0 spiro atoms. The second-order valence-electron chi connectivity index (χ2n) is 16.1. The van der Waals surface area contributed by atoms with E-state index in [1.807, 2.05) is 12.1 Å². The minimum absolute atomic E-state index is 0.895. The molecule has 12 aromatic rings. The number of benzene rings is 10. The first-order valence-corrected chi connectivity index (χ1v) is 21.5. The van der Waals surface area contributed by atoms with Crippen molar-refractivity contribution in [3.63, 3.8) is 0 Å². The van der Waals surface area contributed by atoms with Gasteiger partial charge in [0.1, 0.15) is 11.2 Å². The fourth-order valence-electron chi connectivity index (χ4n) is 9.41. The molecule has 296 valence electrons. The van der Waals surface area contributed by atoms with Crippen LogP contribution < -0.4 is 4.90 Å². The van der Waals surface area contributed by atoms with Gasteiger partial charge < -0.3 is 13.9 Å². The molecule has 3 nitrogen and oxygen atoms in total. The molecule has 0 amide bonds. The Morgan fingerprint density at radius 3 is 1.48 bits per heavy atom. The zero-order valence-corrected chi connectivity index (χ0v) is 34.4. The summed E-state index contributed by atoms with van der Waals surface area (Å²) in [5.74, 6) is 0. The number of hydrogen-bond donors (Lipinski definition) is 0. The lowest BCUT2D eigenvalue weighted by Crippen LogP contribution is -2.11. The molecule has 3 heteroatoms. The Kier molecular flexibility index (Phi) is 8.83. The molecule has 0 aliphatic rings. The monoisotopic (exact) mass is 804 g/mol. The van der Waals surface area contributed by atoms with Crippen LogP contribution in [0.15, 0.2) is 247 Å². The first kappa shape index (κ1) is 36.5. The first-order valence-electron chi connectivity index (χ1n) is 21.5. The van der Waals surface area contributed by atoms with Crippen molar-refractivity contribution in [3.8, 4) is 50.2 Å². The van der Waals surface area contributed by atoms with Crippen molar-refractivity contribution in [2.45, 2.75) is 0 Å². The summed E-state index contributed by atoms with van der Waals surface area (Å²) < 4.78 is 8.69. The van der Waals surface area contributed by atoms with E-state index in [1.165, 1.54) is 38.5 Å². The molecule has 0 fully saturated rings. The molecule has 12 rings (SSSR count). The molecule has 63 heavy (non-hydrogen) atoms. The number of fused-ring (bicyclic) bond motifs is 6. The zero-order valence-electron chi connectivity index (χ0n) is 34.4. The van der Waals surface area contributed by atoms with Crippen LogP contribution in [0.3, 0.4) is 0 Å². The first-order chi connectivity index (χ1) is 31.2. The number of hydrogen-bond acceptors (Lipinski definition) is 2. The van der Waals surface area contributed by atoms with Crippen LogP contribution in [0.5, 0.6) is 0 Å². The summed E-state index contributed by atoms with van der Waals surface area (Å²) in [5.41, 5.74) is 17.9. The minimum Gasteiger partial charge on any atom is -0.456 e. The van der Waals surface area contributed by atoms with Crippen LogP contribution in [-0.4, -0.2) is 4.57 Å². The van der Waals surface area contributed by atoms with Gasteiger partial charge in [-0.3, -0.25) is 0 Å². The van der Waals surface area contributed by atoms with Gasteiger partial charge in [-0.2, -0.15) is 0 Å². The van der Waals surface area contributed by atoms with Crippen molar-refractivity contribution in [3.05, 3.63) is 243 Å². The van der Waals surface area contributed by atoms with Gasteiger partial charge in [-0.25, -0.2) is 0 Å². The molecule has 10 aromatic carbocycles. The largest absolute Gasteiger partial charge is 0.456 e. The minimum atomic E-state index is 0.895. The molecule has 0 radical (unpaired) electrons. The van der Waals surface area contributed by atoms with E-state index in [0.29, 0.717) is 0 Å². The van der Waals surface area contributed by atoms with Gasteiger partial charge in [0.2, 0.25) is 0 Å². The second kappa shape index (κ2) is 15.3. The lowest BCUT2D eigenvalue weighted by molar-refractivity contribution is 0.669. The van der Waals surface area contributed by atoms with E-state index in [-0.39, 0.29) is 0 Å². The third-order valence-corrected chi connectivity index (χ3v) is 12.4. The molecule has 0 aliphatic heterocycles. The average Bonchev–Trinajstić information content (AvgIpc) is 3.90. The van der Waals surface area contributed by atoms with Gasteiger partial charge in [0, 0.05) is 44.0 Å². The predicted octanol–water partition coefficient (Wildman–Crippen LogP) is 16.8. The number of para-hydroxylation sites is 5. The van der Waals surface area contributed by atoms with Crippen LogP contribution in [0, 0.1) is 0 Å². The highest BCUT2D eigenvalue weighted by Gasteiger charge is 2.20. The van der Waals surface area contributed by atoms with E-state index < -0.39 is 0 Å². The zero-order chi connectivity index (χ0) is 41.7. The molecule has 0 saturated carbocycles. The maximum Gasteiger partial charge on any atom is 0.136 e. The van der Waals surface area contributed by atoms with Crippen molar-refractivity contribution in [2.75, 3.05) is 4.90 Å². The summed E-state index contributed by atoms with van der Waals surface area (Å²) in [6.07, 6.45) is 0. The fraction of sp³-hybridized carbons (Fsp3) is 0. The van der Waals surface area contributed by atoms with E-state index in [9.17, 15) is 0 Å². The predicted molar refractivity (Wildman–Crippen MR) is 264 cm³/mol. The Morgan fingerprint density at radius 2 is 0.762 bits per heavy atom. The summed E-state index contributed by atoms with van der Waals surface area (Å²) >= 11 is 0. The van der Waals surface area contributed by atoms with Crippen LogP contribution in [0.25, 0.3) is 93.9 Å². The molecule has 0 atom stereocenters. The molecule has 0 bridgehead atoms. The van der Waals surface area contributed by atoms with E-state index in [2.05, 4.69) is 240 Å². The maximum absolute atomic E-state index is 6.28. The lowest BCUT2D eigenvalue weighted by atomic mass is 9.97.